The van der Waals surface area contributed by atoms with E-state index in [4.69, 9.17) is 5.73 Å². The van der Waals surface area contributed by atoms with Crippen molar-refractivity contribution in [3.05, 3.63) is 29.3 Å². The Hall–Kier alpha value is -1.55. The van der Waals surface area contributed by atoms with Crippen LogP contribution in [-0.4, -0.2) is 23.7 Å². The molecule has 0 heterocycles. The van der Waals surface area contributed by atoms with Gasteiger partial charge in [0.25, 0.3) is 5.91 Å². The van der Waals surface area contributed by atoms with Crippen LogP contribution in [0.2, 0.25) is 0 Å². The smallest absolute Gasteiger partial charge is 0.253 e. The van der Waals surface area contributed by atoms with Crippen molar-refractivity contribution in [1.29, 1.82) is 0 Å². The molecule has 0 fully saturated rings. The highest BCUT2D eigenvalue weighted by atomic mass is 16.3. The summed E-state index contributed by atoms with van der Waals surface area (Å²) in [5.41, 5.74) is 7.63. The molecule has 1 unspecified atom stereocenters. The van der Waals surface area contributed by atoms with Crippen LogP contribution in [0, 0.1) is 12.3 Å². The van der Waals surface area contributed by atoms with E-state index in [1.807, 2.05) is 19.1 Å². The summed E-state index contributed by atoms with van der Waals surface area (Å²) < 4.78 is 0. The number of aliphatic hydroxyl groups is 1. The van der Waals surface area contributed by atoms with Crippen LogP contribution in [0.15, 0.2) is 18.2 Å². The monoisotopic (exact) mass is 264 g/mol. The van der Waals surface area contributed by atoms with Crippen LogP contribution in [0.25, 0.3) is 0 Å². The second-order valence-electron chi connectivity index (χ2n) is 6.17. The van der Waals surface area contributed by atoms with Gasteiger partial charge in [-0.2, -0.15) is 0 Å². The molecule has 1 amide bonds. The van der Waals surface area contributed by atoms with Crippen molar-refractivity contribution in [2.75, 3.05) is 12.3 Å². The minimum absolute atomic E-state index is 0.0336. The Labute approximate surface area is 115 Å². The Morgan fingerprint density at radius 2 is 2.05 bits per heavy atom. The quantitative estimate of drug-likeness (QED) is 0.729. The number of hydrogen-bond acceptors (Lipinski definition) is 3. The Morgan fingerprint density at radius 1 is 1.42 bits per heavy atom. The molecule has 0 saturated carbocycles. The molecular weight excluding hydrogens is 240 g/mol. The Balaban J connectivity index is 2.61. The minimum atomic E-state index is -0.547. The van der Waals surface area contributed by atoms with Crippen LogP contribution in [0.3, 0.4) is 0 Å². The summed E-state index contributed by atoms with van der Waals surface area (Å²) in [6, 6.07) is 5.36. The van der Waals surface area contributed by atoms with Crippen LogP contribution in [0.1, 0.15) is 43.1 Å². The van der Waals surface area contributed by atoms with Crippen molar-refractivity contribution in [3.8, 4) is 0 Å². The fraction of sp³-hybridized carbons (Fsp3) is 0.533. The van der Waals surface area contributed by atoms with Crippen LogP contribution in [0.5, 0.6) is 0 Å². The summed E-state index contributed by atoms with van der Waals surface area (Å²) in [6.45, 7) is 8.24. The van der Waals surface area contributed by atoms with E-state index >= 15 is 0 Å². The van der Waals surface area contributed by atoms with E-state index in [1.54, 1.807) is 6.07 Å². The van der Waals surface area contributed by atoms with Crippen LogP contribution in [0.4, 0.5) is 5.69 Å². The summed E-state index contributed by atoms with van der Waals surface area (Å²) in [4.78, 5) is 12.1. The van der Waals surface area contributed by atoms with Crippen molar-refractivity contribution >= 4 is 11.6 Å². The third-order valence-electron chi connectivity index (χ3n) is 2.88. The molecule has 0 saturated heterocycles. The van der Waals surface area contributed by atoms with Gasteiger partial charge in [0, 0.05) is 12.2 Å². The lowest BCUT2D eigenvalue weighted by Crippen LogP contribution is -2.34. The first kappa shape index (κ1) is 15.5. The predicted octanol–water partition coefficient (Wildman–Crippen LogP) is 2.10. The Bertz CT molecular complexity index is 430. The van der Waals surface area contributed by atoms with Crippen molar-refractivity contribution in [1.82, 2.24) is 5.32 Å². The van der Waals surface area contributed by atoms with Crippen molar-refractivity contribution in [2.45, 2.75) is 40.2 Å². The van der Waals surface area contributed by atoms with Gasteiger partial charge in [-0.1, -0.05) is 32.9 Å². The van der Waals surface area contributed by atoms with Gasteiger partial charge in [-0.25, -0.2) is 0 Å². The second-order valence-corrected chi connectivity index (χ2v) is 6.17. The number of nitrogens with two attached hydrogens (primary N) is 1. The molecule has 19 heavy (non-hydrogen) atoms. The molecule has 1 aromatic rings. The number of nitrogens with one attached hydrogen (secondary N) is 1. The highest BCUT2D eigenvalue weighted by Gasteiger charge is 2.18. The highest BCUT2D eigenvalue weighted by Crippen LogP contribution is 2.20. The standard InChI is InChI=1S/C15H24N2O2/c1-10-6-5-7-12(16)13(10)14(19)17-9-11(18)8-15(2,3)4/h5-7,11,18H,8-9,16H2,1-4H3,(H,17,19). The number of nitrogen functional groups attached to an aromatic ring is 1. The molecule has 1 rings (SSSR count). The fourth-order valence-corrected chi connectivity index (χ4v) is 2.08. The lowest BCUT2D eigenvalue weighted by atomic mass is 9.89. The molecule has 4 heteroatoms. The third kappa shape index (κ3) is 4.91. The largest absolute Gasteiger partial charge is 0.398 e. The van der Waals surface area contributed by atoms with Gasteiger partial charge in [-0.3, -0.25) is 4.79 Å². The molecule has 0 aliphatic heterocycles. The maximum Gasteiger partial charge on any atom is 0.253 e. The van der Waals surface area contributed by atoms with Gasteiger partial charge in [0.2, 0.25) is 0 Å². The first-order valence-electron chi connectivity index (χ1n) is 6.52. The van der Waals surface area contributed by atoms with Gasteiger partial charge >= 0.3 is 0 Å². The van der Waals surface area contributed by atoms with Crippen molar-refractivity contribution < 1.29 is 9.90 Å². The molecule has 0 aliphatic rings. The van der Waals surface area contributed by atoms with E-state index < -0.39 is 6.10 Å². The topological polar surface area (TPSA) is 75.4 Å². The van der Waals surface area contributed by atoms with E-state index in [0.717, 1.165) is 5.56 Å². The summed E-state index contributed by atoms with van der Waals surface area (Å²) in [5, 5.41) is 12.6. The number of amides is 1. The van der Waals surface area contributed by atoms with Crippen LogP contribution < -0.4 is 11.1 Å². The van der Waals surface area contributed by atoms with Gasteiger partial charge in [0.05, 0.1) is 11.7 Å². The zero-order valence-electron chi connectivity index (χ0n) is 12.2. The molecule has 1 aromatic carbocycles. The first-order valence-corrected chi connectivity index (χ1v) is 6.52. The summed E-state index contributed by atoms with van der Waals surface area (Å²) in [5.74, 6) is -0.233. The zero-order valence-corrected chi connectivity index (χ0v) is 12.2. The second kappa shape index (κ2) is 6.06. The number of carbonyl (C=O) groups excluding carboxylic acids is 1. The number of benzene rings is 1. The lowest BCUT2D eigenvalue weighted by Gasteiger charge is -2.22. The summed E-state index contributed by atoms with van der Waals surface area (Å²) >= 11 is 0. The number of aliphatic hydroxyl groups excluding tert-OH is 1. The van der Waals surface area contributed by atoms with Crippen LogP contribution in [-0.2, 0) is 0 Å². The van der Waals surface area contributed by atoms with E-state index in [0.29, 0.717) is 17.7 Å². The molecule has 1 atom stereocenters. The van der Waals surface area contributed by atoms with Crippen molar-refractivity contribution in [2.24, 2.45) is 5.41 Å². The van der Waals surface area contributed by atoms with E-state index in [9.17, 15) is 9.90 Å². The normalized spacial score (nSPS) is 13.1. The lowest BCUT2D eigenvalue weighted by molar-refractivity contribution is 0.0869. The average molecular weight is 264 g/mol. The molecule has 4 nitrogen and oxygen atoms in total. The van der Waals surface area contributed by atoms with Gasteiger partial charge in [-0.15, -0.1) is 0 Å². The van der Waals surface area contributed by atoms with Gasteiger partial charge in [-0.05, 0) is 30.4 Å². The number of anilines is 1. The molecule has 0 spiro atoms. The Kier molecular flexibility index (Phi) is 4.95. The minimum Gasteiger partial charge on any atom is -0.398 e. The molecule has 106 valence electrons. The first-order chi connectivity index (χ1) is 8.70. The van der Waals surface area contributed by atoms with E-state index in [2.05, 4.69) is 26.1 Å². The van der Waals surface area contributed by atoms with E-state index in [-0.39, 0.29) is 17.9 Å². The molecule has 0 aliphatic carbocycles. The third-order valence-corrected chi connectivity index (χ3v) is 2.88. The van der Waals surface area contributed by atoms with Gasteiger partial charge < -0.3 is 16.2 Å². The molecule has 0 radical (unpaired) electrons. The SMILES string of the molecule is Cc1cccc(N)c1C(=O)NCC(O)CC(C)(C)C. The number of aryl methyl sites for hydroxylation is 1. The maximum absolute atomic E-state index is 12.1. The molecular formula is C15H24N2O2. The zero-order chi connectivity index (χ0) is 14.6. The Morgan fingerprint density at radius 3 is 2.58 bits per heavy atom. The average Bonchev–Trinajstić information content (AvgIpc) is 2.23. The number of rotatable bonds is 4. The maximum atomic E-state index is 12.1. The highest BCUT2D eigenvalue weighted by molar-refractivity contribution is 6.00. The molecule has 4 N–H and O–H groups in total. The van der Waals surface area contributed by atoms with Crippen LogP contribution >= 0.6 is 0 Å². The predicted molar refractivity (Wildman–Crippen MR) is 78.0 cm³/mol. The van der Waals surface area contributed by atoms with Gasteiger partial charge in [0.15, 0.2) is 0 Å². The van der Waals surface area contributed by atoms with Crippen molar-refractivity contribution in [3.63, 3.8) is 0 Å². The number of carbonyl (C=O) groups is 1. The fourth-order valence-electron chi connectivity index (χ4n) is 2.08. The van der Waals surface area contributed by atoms with Gasteiger partial charge in [0.1, 0.15) is 0 Å². The molecule has 0 bridgehead atoms. The number of hydrogen-bond donors (Lipinski definition) is 3. The summed E-state index contributed by atoms with van der Waals surface area (Å²) in [7, 11) is 0. The van der Waals surface area contributed by atoms with E-state index in [1.165, 1.54) is 0 Å². The molecule has 0 aromatic heterocycles. The summed E-state index contributed by atoms with van der Waals surface area (Å²) in [6.07, 6.45) is 0.0884.